The van der Waals surface area contributed by atoms with E-state index < -0.39 is 4.92 Å². The second-order valence-corrected chi connectivity index (χ2v) is 7.26. The Bertz CT molecular complexity index is 1220. The number of furan rings is 1. The number of carbonyl (C=O) groups is 1. The summed E-state index contributed by atoms with van der Waals surface area (Å²) in [5.41, 5.74) is 1.14. The Labute approximate surface area is 169 Å². The molecule has 4 rings (SSSR count). The number of para-hydroxylation sites is 1. The molecule has 7 nitrogen and oxygen atoms in total. The third kappa shape index (κ3) is 3.97. The molecule has 4 aromatic rings. The van der Waals surface area contributed by atoms with Crippen LogP contribution in [-0.2, 0) is 7.05 Å². The Morgan fingerprint density at radius 3 is 2.79 bits per heavy atom. The van der Waals surface area contributed by atoms with Gasteiger partial charge in [0.2, 0.25) is 5.78 Å². The van der Waals surface area contributed by atoms with E-state index in [0.717, 1.165) is 5.39 Å². The maximum absolute atomic E-state index is 12.4. The minimum absolute atomic E-state index is 0.0451. The van der Waals surface area contributed by atoms with Gasteiger partial charge in [0.25, 0.3) is 5.69 Å². The number of ketones is 1. The third-order valence-electron chi connectivity index (χ3n) is 4.25. The van der Waals surface area contributed by atoms with E-state index in [4.69, 9.17) is 4.42 Å². The highest BCUT2D eigenvalue weighted by Gasteiger charge is 2.17. The number of benzene rings is 2. The number of imidazole rings is 1. The van der Waals surface area contributed by atoms with Crippen molar-refractivity contribution in [2.75, 3.05) is 0 Å². The van der Waals surface area contributed by atoms with Gasteiger partial charge in [-0.3, -0.25) is 14.9 Å². The molecule has 8 heteroatoms. The number of hydrogen-bond acceptors (Lipinski definition) is 6. The van der Waals surface area contributed by atoms with Gasteiger partial charge < -0.3 is 8.98 Å². The van der Waals surface area contributed by atoms with E-state index in [1.807, 2.05) is 25.2 Å². The molecule has 0 aliphatic rings. The Morgan fingerprint density at radius 1 is 1.24 bits per heavy atom. The van der Waals surface area contributed by atoms with Crippen molar-refractivity contribution in [2.45, 2.75) is 10.1 Å². The molecule has 2 aromatic heterocycles. The van der Waals surface area contributed by atoms with Crippen LogP contribution in [-0.4, -0.2) is 20.3 Å². The SMILES string of the molecule is Cn1ccnc1Sc1ccc(/C=C/C(=O)c2cc3ccccc3o2)cc1[N+](=O)[O-]. The number of nitro groups is 1. The topological polar surface area (TPSA) is 91.2 Å². The zero-order valence-electron chi connectivity index (χ0n) is 15.3. The van der Waals surface area contributed by atoms with Crippen molar-refractivity contribution >= 4 is 40.3 Å². The van der Waals surface area contributed by atoms with E-state index in [9.17, 15) is 14.9 Å². The van der Waals surface area contributed by atoms with Crippen LogP contribution in [0.5, 0.6) is 0 Å². The number of aryl methyl sites for hydroxylation is 1. The van der Waals surface area contributed by atoms with E-state index in [1.165, 1.54) is 30.0 Å². The lowest BCUT2D eigenvalue weighted by Gasteiger charge is -2.04. The average Bonchev–Trinajstić information content (AvgIpc) is 3.33. The van der Waals surface area contributed by atoms with Gasteiger partial charge in [-0.15, -0.1) is 0 Å². The number of allylic oxidation sites excluding steroid dienone is 1. The molecule has 0 unspecified atom stereocenters. The van der Waals surface area contributed by atoms with Crippen molar-refractivity contribution in [2.24, 2.45) is 7.05 Å². The van der Waals surface area contributed by atoms with Crippen LogP contribution in [0.1, 0.15) is 16.1 Å². The fraction of sp³-hybridized carbons (Fsp3) is 0.0476. The van der Waals surface area contributed by atoms with Crippen LogP contribution in [0, 0.1) is 10.1 Å². The molecule has 0 aliphatic heterocycles. The molecular weight excluding hydrogens is 390 g/mol. The molecule has 2 aromatic carbocycles. The highest BCUT2D eigenvalue weighted by atomic mass is 32.2. The number of fused-ring (bicyclic) bond motifs is 1. The molecule has 0 bridgehead atoms. The second-order valence-electron chi connectivity index (χ2n) is 6.25. The number of nitro benzene ring substituents is 1. The zero-order chi connectivity index (χ0) is 20.4. The monoisotopic (exact) mass is 405 g/mol. The van der Waals surface area contributed by atoms with Gasteiger partial charge in [0, 0.05) is 30.9 Å². The molecule has 0 aliphatic carbocycles. The molecule has 0 amide bonds. The standard InChI is InChI=1S/C21H15N3O4S/c1-23-11-10-22-21(23)29-20-9-7-14(12-16(20)24(26)27)6-8-17(25)19-13-15-4-2-3-5-18(15)28-19/h2-13H,1H3/b8-6+. The molecule has 0 spiro atoms. The fourth-order valence-corrected chi connectivity index (χ4v) is 3.66. The predicted molar refractivity (Wildman–Crippen MR) is 110 cm³/mol. The Morgan fingerprint density at radius 2 is 2.07 bits per heavy atom. The van der Waals surface area contributed by atoms with Gasteiger partial charge in [-0.05, 0) is 41.6 Å². The van der Waals surface area contributed by atoms with Crippen LogP contribution < -0.4 is 0 Å². The molecule has 0 radical (unpaired) electrons. The van der Waals surface area contributed by atoms with Gasteiger partial charge in [0.1, 0.15) is 5.58 Å². The van der Waals surface area contributed by atoms with Crippen LogP contribution in [0.4, 0.5) is 5.69 Å². The lowest BCUT2D eigenvalue weighted by molar-refractivity contribution is -0.387. The first-order chi connectivity index (χ1) is 14.0. The summed E-state index contributed by atoms with van der Waals surface area (Å²) in [7, 11) is 1.82. The average molecular weight is 405 g/mol. The van der Waals surface area contributed by atoms with Crippen molar-refractivity contribution in [3.8, 4) is 0 Å². The van der Waals surface area contributed by atoms with E-state index in [2.05, 4.69) is 4.98 Å². The highest BCUT2D eigenvalue weighted by molar-refractivity contribution is 7.99. The largest absolute Gasteiger partial charge is 0.453 e. The highest BCUT2D eigenvalue weighted by Crippen LogP contribution is 2.34. The van der Waals surface area contributed by atoms with Crippen molar-refractivity contribution in [3.05, 3.63) is 88.4 Å². The van der Waals surface area contributed by atoms with Crippen molar-refractivity contribution in [1.82, 2.24) is 9.55 Å². The van der Waals surface area contributed by atoms with Crippen molar-refractivity contribution < 1.29 is 14.1 Å². The van der Waals surface area contributed by atoms with Crippen molar-refractivity contribution in [3.63, 3.8) is 0 Å². The van der Waals surface area contributed by atoms with Gasteiger partial charge in [-0.2, -0.15) is 0 Å². The zero-order valence-corrected chi connectivity index (χ0v) is 16.1. The number of aromatic nitrogens is 2. The van der Waals surface area contributed by atoms with Crippen molar-refractivity contribution in [1.29, 1.82) is 0 Å². The quantitative estimate of drug-likeness (QED) is 0.191. The molecule has 2 heterocycles. The molecular formula is C21H15N3O4S. The lowest BCUT2D eigenvalue weighted by Crippen LogP contribution is -1.94. The van der Waals surface area contributed by atoms with E-state index in [-0.39, 0.29) is 17.2 Å². The van der Waals surface area contributed by atoms with E-state index in [1.54, 1.807) is 41.2 Å². The maximum Gasteiger partial charge on any atom is 0.283 e. The number of rotatable bonds is 6. The fourth-order valence-electron chi connectivity index (χ4n) is 2.77. The van der Waals surface area contributed by atoms with Crippen LogP contribution in [0.3, 0.4) is 0 Å². The summed E-state index contributed by atoms with van der Waals surface area (Å²) in [5, 5.41) is 13.0. The number of carbonyl (C=O) groups excluding carboxylic acids is 1. The van der Waals surface area contributed by atoms with Crippen LogP contribution >= 0.6 is 11.8 Å². The van der Waals surface area contributed by atoms with E-state index in [0.29, 0.717) is 21.2 Å². The summed E-state index contributed by atoms with van der Waals surface area (Å²) < 4.78 is 7.33. The summed E-state index contributed by atoms with van der Waals surface area (Å²) in [6.07, 6.45) is 6.30. The number of hydrogen-bond donors (Lipinski definition) is 0. The normalized spacial score (nSPS) is 11.3. The van der Waals surface area contributed by atoms with Crippen LogP contribution in [0.25, 0.3) is 17.0 Å². The third-order valence-corrected chi connectivity index (χ3v) is 5.39. The van der Waals surface area contributed by atoms with Crippen LogP contribution in [0.15, 0.2) is 81.5 Å². The summed E-state index contributed by atoms with van der Waals surface area (Å²) in [6, 6.07) is 13.8. The molecule has 0 N–H and O–H groups in total. The first-order valence-electron chi connectivity index (χ1n) is 8.66. The summed E-state index contributed by atoms with van der Waals surface area (Å²) >= 11 is 1.21. The summed E-state index contributed by atoms with van der Waals surface area (Å²) in [6.45, 7) is 0. The predicted octanol–water partition coefficient (Wildman–Crippen LogP) is 5.12. The smallest absolute Gasteiger partial charge is 0.283 e. The van der Waals surface area contributed by atoms with Crippen LogP contribution in [0.2, 0.25) is 0 Å². The summed E-state index contributed by atoms with van der Waals surface area (Å²) in [4.78, 5) is 28.1. The van der Waals surface area contributed by atoms with Gasteiger partial charge in [-0.1, -0.05) is 30.3 Å². The molecule has 0 saturated carbocycles. The molecule has 144 valence electrons. The van der Waals surface area contributed by atoms with Gasteiger partial charge in [0.15, 0.2) is 10.9 Å². The lowest BCUT2D eigenvalue weighted by atomic mass is 10.1. The Balaban J connectivity index is 1.58. The molecule has 29 heavy (non-hydrogen) atoms. The van der Waals surface area contributed by atoms with Gasteiger partial charge in [-0.25, -0.2) is 4.98 Å². The number of nitrogens with zero attached hydrogens (tertiary/aromatic N) is 3. The minimum atomic E-state index is -0.441. The second kappa shape index (κ2) is 7.76. The Hall–Kier alpha value is -3.65. The summed E-state index contributed by atoms with van der Waals surface area (Å²) in [5.74, 6) is -0.0887. The first-order valence-corrected chi connectivity index (χ1v) is 9.47. The minimum Gasteiger partial charge on any atom is -0.453 e. The maximum atomic E-state index is 12.4. The van der Waals surface area contributed by atoms with Gasteiger partial charge in [0.05, 0.1) is 9.82 Å². The van der Waals surface area contributed by atoms with E-state index >= 15 is 0 Å². The first kappa shape index (κ1) is 18.7. The molecule has 0 atom stereocenters. The Kier molecular flexibility index (Phi) is 5.01. The molecule has 0 saturated heterocycles. The van der Waals surface area contributed by atoms with Gasteiger partial charge >= 0.3 is 0 Å². The molecule has 0 fully saturated rings.